The van der Waals surface area contributed by atoms with Crippen molar-refractivity contribution in [2.45, 2.75) is 30.0 Å². The zero-order chi connectivity index (χ0) is 18.0. The molecule has 1 aliphatic rings. The van der Waals surface area contributed by atoms with Crippen LogP contribution in [-0.2, 0) is 14.8 Å². The SMILES string of the molecule is CN1CCC(NS(=O)(=O)c2ccc(OCC(F)(F)F)nc2)CC1=O. The van der Waals surface area contributed by atoms with E-state index in [9.17, 15) is 26.4 Å². The molecule has 1 N–H and O–H groups in total. The first-order valence-corrected chi connectivity index (χ1v) is 8.47. The molecule has 0 aliphatic carbocycles. The lowest BCUT2D eigenvalue weighted by atomic mass is 10.1. The molecule has 134 valence electrons. The first kappa shape index (κ1) is 18.5. The van der Waals surface area contributed by atoms with Gasteiger partial charge in [-0.2, -0.15) is 13.2 Å². The summed E-state index contributed by atoms with van der Waals surface area (Å²) in [7, 11) is -2.29. The van der Waals surface area contributed by atoms with Gasteiger partial charge in [0.25, 0.3) is 0 Å². The summed E-state index contributed by atoms with van der Waals surface area (Å²) in [6, 6.07) is 1.61. The van der Waals surface area contributed by atoms with Crippen LogP contribution in [0.1, 0.15) is 12.8 Å². The van der Waals surface area contributed by atoms with E-state index in [-0.39, 0.29) is 23.1 Å². The Morgan fingerprint density at radius 3 is 2.67 bits per heavy atom. The van der Waals surface area contributed by atoms with E-state index in [0.717, 1.165) is 18.3 Å². The Hall–Kier alpha value is -1.88. The molecule has 7 nitrogen and oxygen atoms in total. The maximum absolute atomic E-state index is 12.2. The van der Waals surface area contributed by atoms with Crippen molar-refractivity contribution in [2.24, 2.45) is 0 Å². The van der Waals surface area contributed by atoms with Crippen molar-refractivity contribution in [1.29, 1.82) is 0 Å². The number of carbonyl (C=O) groups is 1. The molecule has 24 heavy (non-hydrogen) atoms. The Balaban J connectivity index is 2.00. The van der Waals surface area contributed by atoms with Gasteiger partial charge in [-0.05, 0) is 12.5 Å². The number of likely N-dealkylation sites (tertiary alicyclic amines) is 1. The second-order valence-corrected chi connectivity index (χ2v) is 7.08. The lowest BCUT2D eigenvalue weighted by Crippen LogP contribution is -2.46. The highest BCUT2D eigenvalue weighted by molar-refractivity contribution is 7.89. The van der Waals surface area contributed by atoms with Crippen molar-refractivity contribution < 1.29 is 31.1 Å². The van der Waals surface area contributed by atoms with Crippen LogP contribution < -0.4 is 9.46 Å². The average molecular weight is 367 g/mol. The second-order valence-electron chi connectivity index (χ2n) is 5.36. The third kappa shape index (κ3) is 5.06. The van der Waals surface area contributed by atoms with Crippen LogP contribution in [0.4, 0.5) is 13.2 Å². The number of nitrogens with zero attached hydrogens (tertiary/aromatic N) is 2. The number of pyridine rings is 1. The largest absolute Gasteiger partial charge is 0.468 e. The fourth-order valence-corrected chi connectivity index (χ4v) is 3.31. The number of nitrogens with one attached hydrogen (secondary N) is 1. The van der Waals surface area contributed by atoms with E-state index in [2.05, 4.69) is 14.4 Å². The number of alkyl halides is 3. The molecular formula is C13H16F3N3O4S. The minimum absolute atomic E-state index is 0.0515. The molecule has 1 aliphatic heterocycles. The van der Waals surface area contributed by atoms with Gasteiger partial charge >= 0.3 is 6.18 Å². The Labute approximate surface area is 136 Å². The van der Waals surface area contributed by atoms with Gasteiger partial charge in [-0.15, -0.1) is 0 Å². The molecule has 1 atom stereocenters. The van der Waals surface area contributed by atoms with Crippen LogP contribution in [0.2, 0.25) is 0 Å². The van der Waals surface area contributed by atoms with Crippen molar-refractivity contribution in [3.8, 4) is 5.88 Å². The van der Waals surface area contributed by atoms with E-state index < -0.39 is 28.8 Å². The quantitative estimate of drug-likeness (QED) is 0.836. The number of aromatic nitrogens is 1. The van der Waals surface area contributed by atoms with Gasteiger partial charge in [0.2, 0.25) is 21.8 Å². The number of hydrogen-bond donors (Lipinski definition) is 1. The molecule has 1 amide bonds. The van der Waals surface area contributed by atoms with E-state index in [1.54, 1.807) is 7.05 Å². The molecule has 0 radical (unpaired) electrons. The van der Waals surface area contributed by atoms with Gasteiger partial charge in [0, 0.05) is 32.1 Å². The summed E-state index contributed by atoms with van der Waals surface area (Å²) < 4.78 is 67.4. The topological polar surface area (TPSA) is 88.6 Å². The number of carbonyl (C=O) groups excluding carboxylic acids is 1. The maximum Gasteiger partial charge on any atom is 0.422 e. The van der Waals surface area contributed by atoms with E-state index in [1.165, 1.54) is 4.90 Å². The lowest BCUT2D eigenvalue weighted by Gasteiger charge is -2.29. The highest BCUT2D eigenvalue weighted by atomic mass is 32.2. The Bertz CT molecular complexity index is 691. The molecule has 0 aromatic carbocycles. The molecule has 1 aromatic rings. The smallest absolute Gasteiger partial charge is 0.422 e. The van der Waals surface area contributed by atoms with Gasteiger partial charge in [-0.1, -0.05) is 0 Å². The van der Waals surface area contributed by atoms with Crippen LogP contribution in [0, 0.1) is 0 Å². The second kappa shape index (κ2) is 6.93. The van der Waals surface area contributed by atoms with Crippen molar-refractivity contribution in [3.05, 3.63) is 18.3 Å². The Morgan fingerprint density at radius 1 is 1.42 bits per heavy atom. The third-order valence-corrected chi connectivity index (χ3v) is 4.89. The van der Waals surface area contributed by atoms with Gasteiger partial charge in [0.15, 0.2) is 6.61 Å². The van der Waals surface area contributed by atoms with Crippen LogP contribution in [-0.4, -0.2) is 56.6 Å². The van der Waals surface area contributed by atoms with E-state index in [1.807, 2.05) is 0 Å². The summed E-state index contributed by atoms with van der Waals surface area (Å²) in [6.07, 6.45) is -3.07. The van der Waals surface area contributed by atoms with Gasteiger partial charge < -0.3 is 9.64 Å². The highest BCUT2D eigenvalue weighted by Crippen LogP contribution is 2.19. The predicted molar refractivity (Wildman–Crippen MR) is 76.8 cm³/mol. The molecule has 1 aromatic heterocycles. The first-order valence-electron chi connectivity index (χ1n) is 6.99. The number of sulfonamides is 1. The number of piperidine rings is 1. The number of rotatable bonds is 5. The normalized spacial score (nSPS) is 19.4. The molecule has 0 bridgehead atoms. The minimum Gasteiger partial charge on any atom is -0.468 e. The summed E-state index contributed by atoms with van der Waals surface area (Å²) >= 11 is 0. The van der Waals surface area contributed by atoms with Crippen molar-refractivity contribution >= 4 is 15.9 Å². The lowest BCUT2D eigenvalue weighted by molar-refractivity contribution is -0.154. The summed E-state index contributed by atoms with van der Waals surface area (Å²) in [5.41, 5.74) is 0. The van der Waals surface area contributed by atoms with Crippen LogP contribution in [0.25, 0.3) is 0 Å². The monoisotopic (exact) mass is 367 g/mol. The van der Waals surface area contributed by atoms with Crippen LogP contribution in [0.15, 0.2) is 23.2 Å². The summed E-state index contributed by atoms with van der Waals surface area (Å²) in [5.74, 6) is -0.497. The highest BCUT2D eigenvalue weighted by Gasteiger charge is 2.29. The zero-order valence-electron chi connectivity index (χ0n) is 12.7. The number of hydrogen-bond acceptors (Lipinski definition) is 5. The average Bonchev–Trinajstić information content (AvgIpc) is 2.48. The first-order chi connectivity index (χ1) is 11.1. The summed E-state index contributed by atoms with van der Waals surface area (Å²) in [5, 5.41) is 0. The predicted octanol–water partition coefficient (Wildman–Crippen LogP) is 0.922. The fraction of sp³-hybridized carbons (Fsp3) is 0.538. The van der Waals surface area contributed by atoms with Crippen LogP contribution in [0.3, 0.4) is 0 Å². The molecule has 0 saturated carbocycles. The number of ether oxygens (including phenoxy) is 1. The molecule has 11 heteroatoms. The van der Waals surface area contributed by atoms with Gasteiger partial charge in [-0.25, -0.2) is 18.1 Å². The van der Waals surface area contributed by atoms with Crippen molar-refractivity contribution in [3.63, 3.8) is 0 Å². The minimum atomic E-state index is -4.51. The fourth-order valence-electron chi connectivity index (χ4n) is 2.10. The molecule has 1 unspecified atom stereocenters. The molecule has 2 heterocycles. The summed E-state index contributed by atoms with van der Waals surface area (Å²) in [4.78, 5) is 16.4. The molecule has 0 spiro atoms. The molecule has 1 saturated heterocycles. The van der Waals surface area contributed by atoms with E-state index in [4.69, 9.17) is 0 Å². The summed E-state index contributed by atoms with van der Waals surface area (Å²) in [6.45, 7) is -1.07. The zero-order valence-corrected chi connectivity index (χ0v) is 13.5. The van der Waals surface area contributed by atoms with Crippen molar-refractivity contribution in [1.82, 2.24) is 14.6 Å². The van der Waals surface area contributed by atoms with E-state index >= 15 is 0 Å². The van der Waals surface area contributed by atoms with Gasteiger partial charge in [-0.3, -0.25) is 4.79 Å². The third-order valence-electron chi connectivity index (χ3n) is 3.38. The molecular weight excluding hydrogens is 351 g/mol. The molecule has 1 fully saturated rings. The Kier molecular flexibility index (Phi) is 5.33. The van der Waals surface area contributed by atoms with Crippen LogP contribution >= 0.6 is 0 Å². The van der Waals surface area contributed by atoms with Crippen LogP contribution in [0.5, 0.6) is 5.88 Å². The van der Waals surface area contributed by atoms with Gasteiger partial charge in [0.05, 0.1) is 6.20 Å². The van der Waals surface area contributed by atoms with Crippen molar-refractivity contribution in [2.75, 3.05) is 20.2 Å². The Morgan fingerprint density at radius 2 is 2.12 bits per heavy atom. The number of amides is 1. The molecule has 2 rings (SSSR count). The maximum atomic E-state index is 12.2. The van der Waals surface area contributed by atoms with E-state index in [0.29, 0.717) is 13.0 Å². The standard InChI is InChI=1S/C13H16F3N3O4S/c1-19-5-4-9(6-12(19)20)18-24(21,22)10-2-3-11(17-7-10)23-8-13(14,15)16/h2-3,7,9,18H,4-6,8H2,1H3. The number of halogens is 3. The van der Waals surface area contributed by atoms with Gasteiger partial charge in [0.1, 0.15) is 4.90 Å².